The summed E-state index contributed by atoms with van der Waals surface area (Å²) in [6, 6.07) is 26.9. The lowest BCUT2D eigenvalue weighted by atomic mass is 9.66. The average molecular weight is 409 g/mol. The minimum Gasteiger partial charge on any atom is -0.462 e. The number of esters is 1. The van der Waals surface area contributed by atoms with Crippen molar-refractivity contribution >= 4 is 5.97 Å². The largest absolute Gasteiger partial charge is 0.462 e. The molecule has 3 aromatic carbocycles. The molecule has 0 saturated carbocycles. The molecule has 2 heteroatoms. The van der Waals surface area contributed by atoms with Crippen molar-refractivity contribution in [2.24, 2.45) is 0 Å². The lowest BCUT2D eigenvalue weighted by Crippen LogP contribution is -2.32. The summed E-state index contributed by atoms with van der Waals surface area (Å²) in [6.45, 7) is 5.81. The molecule has 0 fully saturated rings. The van der Waals surface area contributed by atoms with Gasteiger partial charge in [-0.25, -0.2) is 4.79 Å². The van der Waals surface area contributed by atoms with Crippen LogP contribution in [-0.4, -0.2) is 12.6 Å². The maximum Gasteiger partial charge on any atom is 0.333 e. The normalized spacial score (nSPS) is 20.6. The SMILES string of the molecule is C=C(C)C(=O)OCCCC12Cc3ccccc3C(Cc3ccccc31)c1ccccc12. The predicted octanol–water partition coefficient (Wildman–Crippen LogP) is 6.12. The first-order valence-corrected chi connectivity index (χ1v) is 11.2. The predicted molar refractivity (Wildman–Crippen MR) is 124 cm³/mol. The Kier molecular flexibility index (Phi) is 5.02. The monoisotopic (exact) mass is 408 g/mol. The van der Waals surface area contributed by atoms with Crippen molar-refractivity contribution in [2.75, 3.05) is 6.61 Å². The molecule has 0 N–H and O–H groups in total. The third-order valence-corrected chi connectivity index (χ3v) is 7.06. The van der Waals surface area contributed by atoms with E-state index >= 15 is 0 Å². The van der Waals surface area contributed by atoms with Crippen molar-refractivity contribution in [1.29, 1.82) is 0 Å². The molecule has 0 heterocycles. The zero-order chi connectivity index (χ0) is 21.4. The van der Waals surface area contributed by atoms with Gasteiger partial charge in [0.2, 0.25) is 0 Å². The quantitative estimate of drug-likeness (QED) is 0.289. The van der Waals surface area contributed by atoms with Gasteiger partial charge >= 0.3 is 5.97 Å². The summed E-state index contributed by atoms with van der Waals surface area (Å²) < 4.78 is 5.47. The fourth-order valence-corrected chi connectivity index (χ4v) is 5.72. The van der Waals surface area contributed by atoms with Crippen molar-refractivity contribution in [2.45, 2.75) is 43.9 Å². The lowest BCUT2D eigenvalue weighted by molar-refractivity contribution is -0.139. The third-order valence-electron chi connectivity index (χ3n) is 7.06. The summed E-state index contributed by atoms with van der Waals surface area (Å²) in [5.74, 6) is 0.0737. The van der Waals surface area contributed by atoms with Crippen LogP contribution in [-0.2, 0) is 27.8 Å². The topological polar surface area (TPSA) is 26.3 Å². The Morgan fingerprint density at radius 2 is 1.58 bits per heavy atom. The first-order chi connectivity index (χ1) is 15.1. The van der Waals surface area contributed by atoms with Crippen LogP contribution in [0.2, 0.25) is 0 Å². The van der Waals surface area contributed by atoms with Crippen LogP contribution in [0.4, 0.5) is 0 Å². The van der Waals surface area contributed by atoms with Crippen molar-refractivity contribution in [1.82, 2.24) is 0 Å². The number of benzene rings is 3. The van der Waals surface area contributed by atoms with Crippen molar-refractivity contribution in [3.05, 3.63) is 118 Å². The van der Waals surface area contributed by atoms with E-state index in [2.05, 4.69) is 79.4 Å². The molecule has 156 valence electrons. The standard InChI is InChI=1S/C29H28O2/c1-20(2)28(30)31-17-9-16-29-19-22-11-3-5-12-23(22)25(24-13-6-8-15-27(24)29)18-21-10-4-7-14-26(21)29/h3-8,10-15,25H,1,9,16-19H2,2H3. The molecular weight excluding hydrogens is 380 g/mol. The number of fused-ring (bicyclic) bond motifs is 4. The van der Waals surface area contributed by atoms with Gasteiger partial charge in [-0.3, -0.25) is 0 Å². The second kappa shape index (κ2) is 7.85. The molecule has 0 aromatic heterocycles. The van der Waals surface area contributed by atoms with E-state index in [1.807, 2.05) is 0 Å². The molecule has 0 radical (unpaired) electrons. The van der Waals surface area contributed by atoms with E-state index in [0.717, 1.165) is 25.7 Å². The molecule has 2 aliphatic rings. The average Bonchev–Trinajstić information content (AvgIpc) is 2.98. The Bertz CT molecular complexity index is 1160. The van der Waals surface area contributed by atoms with Crippen molar-refractivity contribution in [3.8, 4) is 0 Å². The molecule has 0 spiro atoms. The minimum absolute atomic E-state index is 0.121. The molecule has 5 rings (SSSR count). The summed E-state index contributed by atoms with van der Waals surface area (Å²) in [7, 11) is 0. The maximum absolute atomic E-state index is 11.9. The van der Waals surface area contributed by atoms with Gasteiger partial charge in [0.15, 0.2) is 0 Å². The van der Waals surface area contributed by atoms with E-state index in [1.54, 1.807) is 6.92 Å². The first-order valence-electron chi connectivity index (χ1n) is 11.2. The highest BCUT2D eigenvalue weighted by molar-refractivity contribution is 5.86. The smallest absolute Gasteiger partial charge is 0.333 e. The molecule has 2 atom stereocenters. The summed E-state index contributed by atoms with van der Waals surface area (Å²) in [5.41, 5.74) is 8.99. The Labute approximate surface area is 184 Å². The highest BCUT2D eigenvalue weighted by Crippen LogP contribution is 2.52. The van der Waals surface area contributed by atoms with E-state index in [9.17, 15) is 4.79 Å². The summed E-state index contributed by atoms with van der Waals surface area (Å²) in [6.07, 6.45) is 3.75. The molecular formula is C29H28O2. The first kappa shape index (κ1) is 19.8. The van der Waals surface area contributed by atoms with E-state index in [-0.39, 0.29) is 11.4 Å². The van der Waals surface area contributed by atoms with Gasteiger partial charge in [-0.1, -0.05) is 79.4 Å². The summed E-state index contributed by atoms with van der Waals surface area (Å²) in [4.78, 5) is 11.9. The highest BCUT2D eigenvalue weighted by atomic mass is 16.5. The van der Waals surface area contributed by atoms with Crippen LogP contribution in [0.15, 0.2) is 84.9 Å². The number of carbonyl (C=O) groups excluding carboxylic acids is 1. The summed E-state index contributed by atoms with van der Waals surface area (Å²) in [5, 5.41) is 0. The molecule has 2 bridgehead atoms. The van der Waals surface area contributed by atoms with Crippen LogP contribution in [0.25, 0.3) is 0 Å². The second-order valence-electron chi connectivity index (χ2n) is 8.98. The highest BCUT2D eigenvalue weighted by Gasteiger charge is 2.44. The van der Waals surface area contributed by atoms with E-state index < -0.39 is 0 Å². The summed E-state index contributed by atoms with van der Waals surface area (Å²) >= 11 is 0. The van der Waals surface area contributed by atoms with Crippen LogP contribution in [0.1, 0.15) is 59.1 Å². The molecule has 31 heavy (non-hydrogen) atoms. The molecule has 3 aromatic rings. The Balaban J connectivity index is 1.64. The van der Waals surface area contributed by atoms with Gasteiger partial charge in [0.05, 0.1) is 6.61 Å². The van der Waals surface area contributed by atoms with Gasteiger partial charge in [0.1, 0.15) is 0 Å². The fraction of sp³-hybridized carbons (Fsp3) is 0.276. The van der Waals surface area contributed by atoms with E-state index in [4.69, 9.17) is 4.74 Å². The van der Waals surface area contributed by atoms with Gasteiger partial charge in [-0.15, -0.1) is 0 Å². The van der Waals surface area contributed by atoms with Crippen molar-refractivity contribution < 1.29 is 9.53 Å². The van der Waals surface area contributed by atoms with Gasteiger partial charge < -0.3 is 4.74 Å². The molecule has 2 nitrogen and oxygen atoms in total. The van der Waals surface area contributed by atoms with Crippen LogP contribution in [0, 0.1) is 0 Å². The molecule has 2 aliphatic carbocycles. The van der Waals surface area contributed by atoms with Gasteiger partial charge in [0.25, 0.3) is 0 Å². The van der Waals surface area contributed by atoms with E-state index in [0.29, 0.717) is 18.1 Å². The lowest BCUT2D eigenvalue weighted by Gasteiger charge is -2.37. The Hall–Kier alpha value is -3.13. The minimum atomic E-state index is -0.301. The van der Waals surface area contributed by atoms with Crippen LogP contribution < -0.4 is 0 Å². The fourth-order valence-electron chi connectivity index (χ4n) is 5.72. The molecule has 0 amide bonds. The molecule has 0 saturated heterocycles. The van der Waals surface area contributed by atoms with Gasteiger partial charge in [-0.05, 0) is 66.0 Å². The number of rotatable bonds is 5. The number of hydrogen-bond acceptors (Lipinski definition) is 2. The Morgan fingerprint density at radius 3 is 2.35 bits per heavy atom. The number of carbonyl (C=O) groups is 1. The third kappa shape index (κ3) is 3.31. The van der Waals surface area contributed by atoms with Crippen LogP contribution in [0.5, 0.6) is 0 Å². The molecule has 2 unspecified atom stereocenters. The van der Waals surface area contributed by atoms with Gasteiger partial charge in [-0.2, -0.15) is 0 Å². The van der Waals surface area contributed by atoms with E-state index in [1.165, 1.54) is 33.4 Å². The van der Waals surface area contributed by atoms with Crippen molar-refractivity contribution in [3.63, 3.8) is 0 Å². The van der Waals surface area contributed by atoms with Crippen LogP contribution in [0.3, 0.4) is 0 Å². The second-order valence-corrected chi connectivity index (χ2v) is 8.98. The number of ether oxygens (including phenoxy) is 1. The maximum atomic E-state index is 11.9. The zero-order valence-corrected chi connectivity index (χ0v) is 18.1. The zero-order valence-electron chi connectivity index (χ0n) is 18.1. The Morgan fingerprint density at radius 1 is 0.935 bits per heavy atom. The molecule has 0 aliphatic heterocycles. The number of hydrogen-bond donors (Lipinski definition) is 0. The van der Waals surface area contributed by atoms with Crippen LogP contribution >= 0.6 is 0 Å². The van der Waals surface area contributed by atoms with Gasteiger partial charge in [0, 0.05) is 16.9 Å².